The molecule has 3 heterocycles. The second-order valence-corrected chi connectivity index (χ2v) is 8.84. The minimum Gasteiger partial charge on any atom is -0.497 e. The predicted octanol–water partition coefficient (Wildman–Crippen LogP) is 5.81. The number of carbonyl (C=O) groups is 2. The second-order valence-electron chi connectivity index (χ2n) is 7.89. The number of hydrogen-bond donors (Lipinski definition) is 1. The summed E-state index contributed by atoms with van der Waals surface area (Å²) in [6.45, 7) is 1.72. The van der Waals surface area contributed by atoms with Gasteiger partial charge in [0.25, 0.3) is 11.6 Å². The van der Waals surface area contributed by atoms with Crippen LogP contribution in [0.5, 0.6) is 5.75 Å². The van der Waals surface area contributed by atoms with Crippen LogP contribution in [0.1, 0.15) is 27.7 Å². The molecule has 9 heteroatoms. The number of aryl methyl sites for hydroxylation is 1. The van der Waals surface area contributed by atoms with Crippen molar-refractivity contribution in [2.75, 3.05) is 12.4 Å². The number of esters is 1. The molecule has 0 bridgehead atoms. The van der Waals surface area contributed by atoms with E-state index in [-0.39, 0.29) is 11.3 Å². The number of thiophene rings is 1. The van der Waals surface area contributed by atoms with Crippen molar-refractivity contribution >= 4 is 40.0 Å². The van der Waals surface area contributed by atoms with E-state index in [0.717, 1.165) is 4.88 Å². The van der Waals surface area contributed by atoms with Gasteiger partial charge in [-0.3, -0.25) is 4.79 Å². The molecule has 1 unspecified atom stereocenters. The summed E-state index contributed by atoms with van der Waals surface area (Å²) < 4.78 is 16.4. The van der Waals surface area contributed by atoms with E-state index in [2.05, 4.69) is 15.5 Å². The molecular weight excluding hydrogens is 478 g/mol. The first-order valence-electron chi connectivity index (χ1n) is 11.0. The molecule has 0 aliphatic heterocycles. The number of aromatic nitrogens is 2. The highest BCUT2D eigenvalue weighted by molar-refractivity contribution is 7.13. The lowest BCUT2D eigenvalue weighted by molar-refractivity contribution is -0.125. The monoisotopic (exact) mass is 499 g/mol. The van der Waals surface area contributed by atoms with Gasteiger partial charge in [-0.2, -0.15) is 0 Å². The Labute approximate surface area is 210 Å². The highest BCUT2D eigenvalue weighted by atomic mass is 32.1. The van der Waals surface area contributed by atoms with Crippen LogP contribution in [-0.4, -0.2) is 29.1 Å². The molecule has 1 N–H and O–H groups in total. The summed E-state index contributed by atoms with van der Waals surface area (Å²) in [6.07, 6.45) is -1.20. The second kappa shape index (κ2) is 10.0. The van der Waals surface area contributed by atoms with Gasteiger partial charge in [0.1, 0.15) is 5.75 Å². The summed E-state index contributed by atoms with van der Waals surface area (Å²) in [5, 5.41) is 9.15. The smallest absolute Gasteiger partial charge is 0.340 e. The molecule has 0 spiro atoms. The lowest BCUT2D eigenvalue weighted by Crippen LogP contribution is -2.26. The average molecular weight is 500 g/mol. The molecule has 5 rings (SSSR count). The van der Waals surface area contributed by atoms with Crippen LogP contribution in [0, 0.1) is 6.92 Å². The van der Waals surface area contributed by atoms with E-state index in [0.29, 0.717) is 33.8 Å². The van der Waals surface area contributed by atoms with Crippen molar-refractivity contribution in [1.29, 1.82) is 0 Å². The first-order chi connectivity index (χ1) is 17.5. The van der Waals surface area contributed by atoms with Crippen LogP contribution in [0.25, 0.3) is 21.7 Å². The highest BCUT2D eigenvalue weighted by Crippen LogP contribution is 2.31. The molecule has 0 radical (unpaired) electrons. The zero-order chi connectivity index (χ0) is 25.1. The molecule has 0 fully saturated rings. The van der Waals surface area contributed by atoms with Gasteiger partial charge in [0.15, 0.2) is 0 Å². The molecule has 1 amide bonds. The zero-order valence-electron chi connectivity index (χ0n) is 19.4. The quantitative estimate of drug-likeness (QED) is 0.282. The van der Waals surface area contributed by atoms with E-state index >= 15 is 0 Å². The molecule has 8 nitrogen and oxygen atoms in total. The summed E-state index contributed by atoms with van der Waals surface area (Å²) in [4.78, 5) is 32.2. The molecular formula is C27H21N3O5S. The molecule has 36 heavy (non-hydrogen) atoms. The number of fused-ring (bicyclic) bond motifs is 1. The molecule has 0 aliphatic carbocycles. The van der Waals surface area contributed by atoms with Gasteiger partial charge >= 0.3 is 5.97 Å². The van der Waals surface area contributed by atoms with E-state index in [1.165, 1.54) is 11.3 Å². The zero-order valence-corrected chi connectivity index (χ0v) is 20.2. The van der Waals surface area contributed by atoms with Crippen molar-refractivity contribution < 1.29 is 23.6 Å². The van der Waals surface area contributed by atoms with Gasteiger partial charge in [0.05, 0.1) is 34.3 Å². The molecule has 1 atom stereocenters. The fourth-order valence-electron chi connectivity index (χ4n) is 3.76. The van der Waals surface area contributed by atoms with Gasteiger partial charge in [-0.05, 0) is 48.7 Å². The summed E-state index contributed by atoms with van der Waals surface area (Å²) in [6, 6.07) is 21.2. The fourth-order valence-corrected chi connectivity index (χ4v) is 4.45. The maximum Gasteiger partial charge on any atom is 0.340 e. The van der Waals surface area contributed by atoms with Crippen molar-refractivity contribution in [3.05, 3.63) is 95.0 Å². The van der Waals surface area contributed by atoms with Gasteiger partial charge < -0.3 is 19.3 Å². The summed E-state index contributed by atoms with van der Waals surface area (Å²) in [5.41, 5.74) is 2.58. The average Bonchev–Trinajstić information content (AvgIpc) is 3.58. The normalized spacial score (nSPS) is 11.7. The van der Waals surface area contributed by atoms with Crippen molar-refractivity contribution in [2.45, 2.75) is 13.0 Å². The number of amides is 1. The third-order valence-corrected chi connectivity index (χ3v) is 6.43. The molecule has 180 valence electrons. The first kappa shape index (κ1) is 23.3. The van der Waals surface area contributed by atoms with Gasteiger partial charge in [-0.1, -0.05) is 41.6 Å². The number of nitrogens with one attached hydrogen (secondary N) is 1. The van der Waals surface area contributed by atoms with Crippen LogP contribution in [-0.2, 0) is 9.53 Å². The SMILES string of the molecule is COc1ccc(NC(=O)C(OC(=O)c2cc(-c3cccs3)nc3onc(C)c23)c2ccccc2)cc1. The Hall–Kier alpha value is -4.50. The Morgan fingerprint density at radius 3 is 2.50 bits per heavy atom. The lowest BCUT2D eigenvalue weighted by atomic mass is 10.1. The number of hydrogen-bond acceptors (Lipinski definition) is 8. The number of ether oxygens (including phenoxy) is 2. The predicted molar refractivity (Wildman–Crippen MR) is 136 cm³/mol. The summed E-state index contributed by atoms with van der Waals surface area (Å²) in [5.74, 6) is -0.526. The Balaban J connectivity index is 1.49. The van der Waals surface area contributed by atoms with E-state index in [9.17, 15) is 9.59 Å². The van der Waals surface area contributed by atoms with E-state index in [4.69, 9.17) is 14.0 Å². The van der Waals surface area contributed by atoms with Gasteiger partial charge in [-0.25, -0.2) is 9.78 Å². The van der Waals surface area contributed by atoms with E-state index < -0.39 is 18.0 Å². The molecule has 5 aromatic rings. The van der Waals surface area contributed by atoms with Crippen molar-refractivity contribution in [3.63, 3.8) is 0 Å². The number of pyridine rings is 1. The number of benzene rings is 2. The standard InChI is InChI=1S/C27H21N3O5S/c1-16-23-20(15-21(22-9-6-14-36-22)29-26(23)35-30-16)27(32)34-24(17-7-4-3-5-8-17)25(31)28-18-10-12-19(33-2)13-11-18/h3-15,24H,1-2H3,(H,28,31). The van der Waals surface area contributed by atoms with Crippen LogP contribution in [0.3, 0.4) is 0 Å². The number of rotatable bonds is 7. The van der Waals surface area contributed by atoms with Crippen LogP contribution in [0.15, 0.2) is 82.7 Å². The van der Waals surface area contributed by atoms with Gasteiger partial charge in [0.2, 0.25) is 6.10 Å². The van der Waals surface area contributed by atoms with Crippen LogP contribution < -0.4 is 10.1 Å². The third-order valence-electron chi connectivity index (χ3n) is 5.53. The van der Waals surface area contributed by atoms with Crippen molar-refractivity contribution in [3.8, 4) is 16.3 Å². The lowest BCUT2D eigenvalue weighted by Gasteiger charge is -2.18. The van der Waals surface area contributed by atoms with Crippen molar-refractivity contribution in [1.82, 2.24) is 10.1 Å². The maximum atomic E-state index is 13.5. The Morgan fingerprint density at radius 2 is 1.81 bits per heavy atom. The van der Waals surface area contributed by atoms with Crippen LogP contribution in [0.2, 0.25) is 0 Å². The Morgan fingerprint density at radius 1 is 1.03 bits per heavy atom. The van der Waals surface area contributed by atoms with Crippen molar-refractivity contribution in [2.24, 2.45) is 0 Å². The number of carbonyl (C=O) groups excluding carboxylic acids is 2. The maximum absolute atomic E-state index is 13.5. The number of nitrogens with zero attached hydrogens (tertiary/aromatic N) is 2. The molecule has 0 aliphatic rings. The molecule has 3 aromatic heterocycles. The Bertz CT molecular complexity index is 1510. The highest BCUT2D eigenvalue weighted by Gasteiger charge is 2.28. The topological polar surface area (TPSA) is 104 Å². The molecule has 2 aromatic carbocycles. The fraction of sp³-hybridized carbons (Fsp3) is 0.111. The number of methoxy groups -OCH3 is 1. The Kier molecular flexibility index (Phi) is 6.46. The molecule has 0 saturated carbocycles. The third kappa shape index (κ3) is 4.69. The van der Waals surface area contributed by atoms with Crippen LogP contribution >= 0.6 is 11.3 Å². The first-order valence-corrected chi connectivity index (χ1v) is 11.9. The number of anilines is 1. The largest absolute Gasteiger partial charge is 0.497 e. The minimum absolute atomic E-state index is 0.223. The summed E-state index contributed by atoms with van der Waals surface area (Å²) in [7, 11) is 1.57. The van der Waals surface area contributed by atoms with E-state index in [1.807, 2.05) is 23.6 Å². The van der Waals surface area contributed by atoms with Gasteiger partial charge in [-0.15, -0.1) is 11.3 Å². The minimum atomic E-state index is -1.20. The van der Waals surface area contributed by atoms with E-state index in [1.54, 1.807) is 68.6 Å². The molecule has 0 saturated heterocycles. The summed E-state index contributed by atoms with van der Waals surface area (Å²) >= 11 is 1.48. The van der Waals surface area contributed by atoms with Gasteiger partial charge in [0, 0.05) is 11.3 Å². The van der Waals surface area contributed by atoms with Crippen LogP contribution in [0.4, 0.5) is 5.69 Å².